The van der Waals surface area contributed by atoms with Crippen molar-refractivity contribution < 1.29 is 4.79 Å². The number of benzene rings is 1. The van der Waals surface area contributed by atoms with Gasteiger partial charge < -0.3 is 0 Å². The van der Waals surface area contributed by atoms with Crippen LogP contribution in [0.1, 0.15) is 13.3 Å². The third kappa shape index (κ3) is 2.58. The number of thioether (sulfide) groups is 1. The Labute approximate surface area is 122 Å². The monoisotopic (exact) mass is 287 g/mol. The maximum atomic E-state index is 12.6. The highest BCUT2D eigenvalue weighted by molar-refractivity contribution is 8.00. The predicted molar refractivity (Wildman–Crippen MR) is 81.0 cm³/mol. The number of fused-ring (bicyclic) bond motifs is 1. The van der Waals surface area contributed by atoms with E-state index in [0.29, 0.717) is 0 Å². The van der Waals surface area contributed by atoms with Crippen molar-refractivity contribution in [2.75, 3.05) is 11.4 Å². The van der Waals surface area contributed by atoms with Crippen LogP contribution in [0.3, 0.4) is 0 Å². The molecule has 0 unspecified atom stereocenters. The minimum atomic E-state index is -0.0983. The molecule has 0 N–H and O–H groups in total. The van der Waals surface area contributed by atoms with Crippen molar-refractivity contribution in [2.45, 2.75) is 30.0 Å². The average molecular weight is 287 g/mol. The zero-order valence-electron chi connectivity index (χ0n) is 11.4. The molecule has 0 saturated heterocycles. The van der Waals surface area contributed by atoms with Crippen LogP contribution >= 0.6 is 11.8 Å². The molecule has 20 heavy (non-hydrogen) atoms. The molecule has 3 rings (SSSR count). The van der Waals surface area contributed by atoms with Gasteiger partial charge in [-0.2, -0.15) is 5.10 Å². The fraction of sp³-hybridized carbons (Fsp3) is 0.333. The number of hydrogen-bond acceptors (Lipinski definition) is 3. The van der Waals surface area contributed by atoms with E-state index in [1.54, 1.807) is 18.0 Å². The van der Waals surface area contributed by atoms with Crippen LogP contribution in [0.15, 0.2) is 47.5 Å². The smallest absolute Gasteiger partial charge is 0.241 e. The van der Waals surface area contributed by atoms with Gasteiger partial charge in [0.05, 0.1) is 11.4 Å². The Bertz CT molecular complexity index is 596. The van der Waals surface area contributed by atoms with Crippen LogP contribution in [0.4, 0.5) is 5.82 Å². The van der Waals surface area contributed by atoms with Crippen molar-refractivity contribution in [3.8, 4) is 0 Å². The molecule has 0 radical (unpaired) electrons. The Morgan fingerprint density at radius 1 is 1.25 bits per heavy atom. The summed E-state index contributed by atoms with van der Waals surface area (Å²) in [6, 6.07) is 12.0. The van der Waals surface area contributed by atoms with E-state index in [0.717, 1.165) is 30.2 Å². The number of carbonyl (C=O) groups is 1. The van der Waals surface area contributed by atoms with Gasteiger partial charge in [0.1, 0.15) is 5.82 Å². The van der Waals surface area contributed by atoms with E-state index in [-0.39, 0.29) is 11.2 Å². The first kappa shape index (κ1) is 13.2. The fourth-order valence-electron chi connectivity index (χ4n) is 2.42. The molecular weight excluding hydrogens is 270 g/mol. The molecule has 5 heteroatoms. The van der Waals surface area contributed by atoms with Gasteiger partial charge in [-0.15, -0.1) is 11.8 Å². The van der Waals surface area contributed by atoms with Crippen LogP contribution in [-0.2, 0) is 11.3 Å². The molecule has 0 bridgehead atoms. The first-order valence-corrected chi connectivity index (χ1v) is 7.68. The third-order valence-electron chi connectivity index (χ3n) is 3.39. The number of anilines is 1. The average Bonchev–Trinajstić information content (AvgIpc) is 2.96. The molecule has 104 valence electrons. The quantitative estimate of drug-likeness (QED) is 0.815. The normalized spacial score (nSPS) is 15.8. The second kappa shape index (κ2) is 5.71. The number of carbonyl (C=O) groups excluding carboxylic acids is 1. The van der Waals surface area contributed by atoms with Gasteiger partial charge in [-0.05, 0) is 25.5 Å². The van der Waals surface area contributed by atoms with Gasteiger partial charge in [0.2, 0.25) is 5.91 Å². The summed E-state index contributed by atoms with van der Waals surface area (Å²) in [4.78, 5) is 15.6. The molecule has 4 nitrogen and oxygen atoms in total. The van der Waals surface area contributed by atoms with Crippen LogP contribution in [0.5, 0.6) is 0 Å². The van der Waals surface area contributed by atoms with Gasteiger partial charge in [0.15, 0.2) is 0 Å². The molecule has 2 aromatic rings. The summed E-state index contributed by atoms with van der Waals surface area (Å²) in [6.07, 6.45) is 2.72. The van der Waals surface area contributed by atoms with Crippen molar-refractivity contribution in [3.05, 3.63) is 42.6 Å². The Hall–Kier alpha value is -1.75. The van der Waals surface area contributed by atoms with Gasteiger partial charge in [-0.25, -0.2) is 4.68 Å². The van der Waals surface area contributed by atoms with Crippen LogP contribution in [-0.4, -0.2) is 27.5 Å². The number of hydrogen-bond donors (Lipinski definition) is 0. The van der Waals surface area contributed by atoms with Gasteiger partial charge in [-0.3, -0.25) is 9.69 Å². The molecule has 2 heterocycles. The zero-order valence-corrected chi connectivity index (χ0v) is 12.2. The van der Waals surface area contributed by atoms with Gasteiger partial charge in [0, 0.05) is 24.1 Å². The minimum Gasteiger partial charge on any atom is -0.296 e. The SMILES string of the molecule is C[C@@H](Sc1ccccc1)C(=O)N1CCCn2nccc21. The number of amides is 1. The lowest BCUT2D eigenvalue weighted by Crippen LogP contribution is -2.41. The molecule has 1 amide bonds. The van der Waals surface area contributed by atoms with Gasteiger partial charge >= 0.3 is 0 Å². The molecule has 0 aliphatic carbocycles. The lowest BCUT2D eigenvalue weighted by molar-refractivity contribution is -0.118. The summed E-state index contributed by atoms with van der Waals surface area (Å²) in [5.74, 6) is 1.07. The molecule has 1 aromatic heterocycles. The molecule has 1 aliphatic rings. The van der Waals surface area contributed by atoms with E-state index >= 15 is 0 Å². The van der Waals surface area contributed by atoms with E-state index < -0.39 is 0 Å². The molecular formula is C15H17N3OS. The Balaban J connectivity index is 1.74. The van der Waals surface area contributed by atoms with Crippen molar-refractivity contribution >= 4 is 23.5 Å². The largest absolute Gasteiger partial charge is 0.296 e. The summed E-state index contributed by atoms with van der Waals surface area (Å²) in [5, 5.41) is 4.15. The van der Waals surface area contributed by atoms with Crippen molar-refractivity contribution in [3.63, 3.8) is 0 Å². The highest BCUT2D eigenvalue weighted by atomic mass is 32.2. The summed E-state index contributed by atoms with van der Waals surface area (Å²) >= 11 is 1.60. The van der Waals surface area contributed by atoms with E-state index in [2.05, 4.69) is 5.10 Å². The number of nitrogens with zero attached hydrogens (tertiary/aromatic N) is 3. The second-order valence-electron chi connectivity index (χ2n) is 4.83. The fourth-order valence-corrected chi connectivity index (χ4v) is 3.37. The molecule has 1 aromatic carbocycles. The summed E-state index contributed by atoms with van der Waals surface area (Å²) in [6.45, 7) is 3.64. The Kier molecular flexibility index (Phi) is 3.78. The maximum Gasteiger partial charge on any atom is 0.241 e. The van der Waals surface area contributed by atoms with Crippen molar-refractivity contribution in [1.82, 2.24) is 9.78 Å². The number of aryl methyl sites for hydroxylation is 1. The zero-order chi connectivity index (χ0) is 13.9. The number of rotatable bonds is 3. The second-order valence-corrected chi connectivity index (χ2v) is 6.24. The highest BCUT2D eigenvalue weighted by Gasteiger charge is 2.27. The standard InChI is InChI=1S/C15H17N3OS/c1-12(20-13-6-3-2-4-7-13)15(19)17-10-5-11-18-14(17)8-9-16-18/h2-4,6-9,12H,5,10-11H2,1H3/t12-/m1/s1. The minimum absolute atomic E-state index is 0.0983. The molecule has 0 fully saturated rings. The first-order valence-electron chi connectivity index (χ1n) is 6.80. The van der Waals surface area contributed by atoms with Crippen LogP contribution in [0.25, 0.3) is 0 Å². The van der Waals surface area contributed by atoms with Gasteiger partial charge in [0.25, 0.3) is 0 Å². The van der Waals surface area contributed by atoms with Crippen molar-refractivity contribution in [1.29, 1.82) is 0 Å². The van der Waals surface area contributed by atoms with E-state index in [9.17, 15) is 4.79 Å². The van der Waals surface area contributed by atoms with Crippen molar-refractivity contribution in [2.24, 2.45) is 0 Å². The first-order chi connectivity index (χ1) is 9.75. The number of aromatic nitrogens is 2. The van der Waals surface area contributed by atoms with E-state index in [4.69, 9.17) is 0 Å². The van der Waals surface area contributed by atoms with Crippen LogP contribution in [0, 0.1) is 0 Å². The predicted octanol–water partition coefficient (Wildman–Crippen LogP) is 2.80. The summed E-state index contributed by atoms with van der Waals surface area (Å²) in [5.41, 5.74) is 0. The summed E-state index contributed by atoms with van der Waals surface area (Å²) < 4.78 is 1.90. The Morgan fingerprint density at radius 3 is 2.85 bits per heavy atom. The molecule has 0 spiro atoms. The lowest BCUT2D eigenvalue weighted by Gasteiger charge is -2.29. The molecule has 1 aliphatic heterocycles. The molecule has 0 saturated carbocycles. The summed E-state index contributed by atoms with van der Waals surface area (Å²) in [7, 11) is 0. The van der Waals surface area contributed by atoms with E-state index in [1.165, 1.54) is 0 Å². The van der Waals surface area contributed by atoms with Crippen LogP contribution < -0.4 is 4.90 Å². The highest BCUT2D eigenvalue weighted by Crippen LogP contribution is 2.27. The Morgan fingerprint density at radius 2 is 2.05 bits per heavy atom. The molecule has 1 atom stereocenters. The topological polar surface area (TPSA) is 38.1 Å². The van der Waals surface area contributed by atoms with Crippen LogP contribution in [0.2, 0.25) is 0 Å². The maximum absolute atomic E-state index is 12.6. The van der Waals surface area contributed by atoms with E-state index in [1.807, 2.05) is 52.9 Å². The lowest BCUT2D eigenvalue weighted by atomic mass is 10.3. The van der Waals surface area contributed by atoms with Gasteiger partial charge in [-0.1, -0.05) is 18.2 Å². The third-order valence-corrected chi connectivity index (χ3v) is 4.49.